The molecule has 0 spiro atoms. The highest BCUT2D eigenvalue weighted by Gasteiger charge is 2.07. The van der Waals surface area contributed by atoms with Gasteiger partial charge in [0.1, 0.15) is 11.6 Å². The maximum absolute atomic E-state index is 12.9. The molecule has 0 atom stereocenters. The van der Waals surface area contributed by atoms with Crippen molar-refractivity contribution in [3.05, 3.63) is 42.2 Å². The van der Waals surface area contributed by atoms with Crippen LogP contribution in [0.4, 0.5) is 4.39 Å². The van der Waals surface area contributed by atoms with Crippen molar-refractivity contribution in [2.24, 2.45) is 0 Å². The van der Waals surface area contributed by atoms with Crippen LogP contribution in [-0.4, -0.2) is 5.97 Å². The molecular formula is C12H9FO3. The van der Waals surface area contributed by atoms with Crippen LogP contribution in [0.15, 0.2) is 40.8 Å². The molecule has 1 heterocycles. The van der Waals surface area contributed by atoms with E-state index < -0.39 is 5.97 Å². The Kier molecular flexibility index (Phi) is 2.72. The van der Waals surface area contributed by atoms with Gasteiger partial charge in [-0.1, -0.05) is 12.1 Å². The first kappa shape index (κ1) is 10.4. The number of carbonyl (C=O) groups excluding carboxylic acids is 1. The third kappa shape index (κ3) is 2.28. The predicted molar refractivity (Wildman–Crippen MR) is 55.4 cm³/mol. The Balaban J connectivity index is 2.28. The fourth-order valence-corrected chi connectivity index (χ4v) is 1.31. The van der Waals surface area contributed by atoms with Crippen molar-refractivity contribution in [2.75, 3.05) is 0 Å². The van der Waals surface area contributed by atoms with Gasteiger partial charge in [-0.05, 0) is 18.2 Å². The summed E-state index contributed by atoms with van der Waals surface area (Å²) in [7, 11) is 0. The van der Waals surface area contributed by atoms with E-state index in [2.05, 4.69) is 0 Å². The SMILES string of the molecule is CC(=O)Oc1ccc(-c2cccc(F)c2)o1. The van der Waals surface area contributed by atoms with Gasteiger partial charge in [-0.15, -0.1) is 0 Å². The zero-order chi connectivity index (χ0) is 11.5. The van der Waals surface area contributed by atoms with Crippen molar-refractivity contribution >= 4 is 5.97 Å². The van der Waals surface area contributed by atoms with Crippen LogP contribution >= 0.6 is 0 Å². The molecule has 1 aromatic carbocycles. The molecule has 0 saturated carbocycles. The number of rotatable bonds is 2. The molecule has 0 unspecified atom stereocenters. The highest BCUT2D eigenvalue weighted by Crippen LogP contribution is 2.26. The van der Waals surface area contributed by atoms with E-state index in [0.29, 0.717) is 11.3 Å². The van der Waals surface area contributed by atoms with Gasteiger partial charge >= 0.3 is 5.97 Å². The summed E-state index contributed by atoms with van der Waals surface area (Å²) in [5.41, 5.74) is 0.596. The third-order valence-corrected chi connectivity index (χ3v) is 1.93. The van der Waals surface area contributed by atoms with Gasteiger partial charge in [-0.3, -0.25) is 4.79 Å². The lowest BCUT2D eigenvalue weighted by Crippen LogP contribution is -1.99. The first-order valence-corrected chi connectivity index (χ1v) is 4.69. The maximum Gasteiger partial charge on any atom is 0.310 e. The lowest BCUT2D eigenvalue weighted by atomic mass is 10.2. The molecule has 0 aliphatic rings. The second kappa shape index (κ2) is 4.18. The molecule has 3 nitrogen and oxygen atoms in total. The highest BCUT2D eigenvalue weighted by molar-refractivity contribution is 5.69. The average molecular weight is 220 g/mol. The fourth-order valence-electron chi connectivity index (χ4n) is 1.31. The van der Waals surface area contributed by atoms with Crippen LogP contribution in [-0.2, 0) is 4.79 Å². The van der Waals surface area contributed by atoms with E-state index in [-0.39, 0.29) is 11.8 Å². The molecule has 1 aromatic heterocycles. The molecule has 2 rings (SSSR count). The summed E-state index contributed by atoms with van der Waals surface area (Å²) in [6.07, 6.45) is 0. The van der Waals surface area contributed by atoms with Crippen molar-refractivity contribution in [2.45, 2.75) is 6.92 Å². The Morgan fingerprint density at radius 3 is 2.81 bits per heavy atom. The summed E-state index contributed by atoms with van der Waals surface area (Å²) in [6.45, 7) is 1.28. The summed E-state index contributed by atoms with van der Waals surface area (Å²) in [6, 6.07) is 9.11. The summed E-state index contributed by atoms with van der Waals surface area (Å²) < 4.78 is 22.9. The molecule has 0 aliphatic heterocycles. The summed E-state index contributed by atoms with van der Waals surface area (Å²) in [5, 5.41) is 0. The number of hydrogen-bond acceptors (Lipinski definition) is 3. The largest absolute Gasteiger partial charge is 0.425 e. The van der Waals surface area contributed by atoms with Crippen LogP contribution in [0.3, 0.4) is 0 Å². The molecule has 82 valence electrons. The Labute approximate surface area is 91.5 Å². The highest BCUT2D eigenvalue weighted by atomic mass is 19.1. The molecule has 0 amide bonds. The zero-order valence-electron chi connectivity index (χ0n) is 8.57. The number of furan rings is 1. The monoisotopic (exact) mass is 220 g/mol. The quantitative estimate of drug-likeness (QED) is 0.730. The molecular weight excluding hydrogens is 211 g/mol. The van der Waals surface area contributed by atoms with Gasteiger partial charge in [-0.25, -0.2) is 4.39 Å². The first-order valence-electron chi connectivity index (χ1n) is 4.69. The summed E-state index contributed by atoms with van der Waals surface area (Å²) in [4.78, 5) is 10.7. The Morgan fingerprint density at radius 1 is 1.31 bits per heavy atom. The first-order chi connectivity index (χ1) is 7.65. The lowest BCUT2D eigenvalue weighted by Gasteiger charge is -1.97. The van der Waals surface area contributed by atoms with Gasteiger partial charge in [0.2, 0.25) is 0 Å². The van der Waals surface area contributed by atoms with E-state index in [9.17, 15) is 9.18 Å². The van der Waals surface area contributed by atoms with Gasteiger partial charge in [-0.2, -0.15) is 0 Å². The van der Waals surface area contributed by atoms with E-state index in [1.54, 1.807) is 18.2 Å². The zero-order valence-corrected chi connectivity index (χ0v) is 8.57. The van der Waals surface area contributed by atoms with Gasteiger partial charge in [0.05, 0.1) is 0 Å². The molecule has 16 heavy (non-hydrogen) atoms. The summed E-state index contributed by atoms with van der Waals surface area (Å²) in [5.74, 6) is -0.245. The van der Waals surface area contributed by atoms with Crippen LogP contribution in [0.1, 0.15) is 6.92 Å². The Hall–Kier alpha value is -2.10. The van der Waals surface area contributed by atoms with E-state index >= 15 is 0 Å². The number of carbonyl (C=O) groups is 1. The minimum absolute atomic E-state index is 0.103. The predicted octanol–water partition coefficient (Wildman–Crippen LogP) is 3.01. The molecule has 0 saturated heterocycles. The number of halogens is 1. The molecule has 0 aliphatic carbocycles. The van der Waals surface area contributed by atoms with E-state index in [4.69, 9.17) is 9.15 Å². The number of benzene rings is 1. The van der Waals surface area contributed by atoms with Gasteiger partial charge < -0.3 is 9.15 Å². The van der Waals surface area contributed by atoms with Crippen LogP contribution < -0.4 is 4.74 Å². The molecule has 2 aromatic rings. The Bertz CT molecular complexity index is 516. The van der Waals surface area contributed by atoms with Crippen molar-refractivity contribution in [1.82, 2.24) is 0 Å². The topological polar surface area (TPSA) is 39.4 Å². The average Bonchev–Trinajstić information content (AvgIpc) is 2.65. The van der Waals surface area contributed by atoms with Crippen LogP contribution in [0.2, 0.25) is 0 Å². The van der Waals surface area contributed by atoms with Crippen molar-refractivity contribution in [1.29, 1.82) is 0 Å². The van der Waals surface area contributed by atoms with Gasteiger partial charge in [0, 0.05) is 18.6 Å². The Morgan fingerprint density at radius 2 is 2.12 bits per heavy atom. The number of hydrogen-bond donors (Lipinski definition) is 0. The molecule has 0 N–H and O–H groups in total. The molecule has 0 bridgehead atoms. The fraction of sp³-hybridized carbons (Fsp3) is 0.0833. The number of esters is 1. The third-order valence-electron chi connectivity index (χ3n) is 1.93. The van der Waals surface area contributed by atoms with Gasteiger partial charge in [0.15, 0.2) is 0 Å². The van der Waals surface area contributed by atoms with Gasteiger partial charge in [0.25, 0.3) is 5.95 Å². The van der Waals surface area contributed by atoms with E-state index in [1.165, 1.54) is 25.1 Å². The van der Waals surface area contributed by atoms with E-state index in [1.807, 2.05) is 0 Å². The van der Waals surface area contributed by atoms with Crippen molar-refractivity contribution < 1.29 is 18.3 Å². The van der Waals surface area contributed by atoms with Crippen molar-refractivity contribution in [3.63, 3.8) is 0 Å². The van der Waals surface area contributed by atoms with Crippen molar-refractivity contribution in [3.8, 4) is 17.3 Å². The van der Waals surface area contributed by atoms with E-state index in [0.717, 1.165) is 0 Å². The van der Waals surface area contributed by atoms with Crippen LogP contribution in [0.25, 0.3) is 11.3 Å². The minimum Gasteiger partial charge on any atom is -0.425 e. The second-order valence-electron chi connectivity index (χ2n) is 3.22. The normalized spacial score (nSPS) is 10.1. The molecule has 0 radical (unpaired) electrons. The van der Waals surface area contributed by atoms with Crippen LogP contribution in [0.5, 0.6) is 5.95 Å². The molecule has 0 fully saturated rings. The smallest absolute Gasteiger partial charge is 0.310 e. The number of ether oxygens (including phenoxy) is 1. The van der Waals surface area contributed by atoms with Crippen LogP contribution in [0, 0.1) is 5.82 Å². The standard InChI is InChI=1S/C12H9FO3/c1-8(14)15-12-6-5-11(16-12)9-3-2-4-10(13)7-9/h2-7H,1H3. The maximum atomic E-state index is 12.9. The minimum atomic E-state index is -0.458. The summed E-state index contributed by atoms with van der Waals surface area (Å²) >= 11 is 0. The molecule has 4 heteroatoms. The lowest BCUT2D eigenvalue weighted by molar-refractivity contribution is -0.133. The second-order valence-corrected chi connectivity index (χ2v) is 3.22.